The van der Waals surface area contributed by atoms with E-state index in [0.717, 1.165) is 13.2 Å². The number of halogens is 3. The minimum absolute atomic E-state index is 0.135. The highest BCUT2D eigenvalue weighted by Crippen LogP contribution is 2.22. The lowest BCUT2D eigenvalue weighted by molar-refractivity contribution is -0.112. The summed E-state index contributed by atoms with van der Waals surface area (Å²) < 4.78 is 38.1. The van der Waals surface area contributed by atoms with Crippen molar-refractivity contribution in [3.63, 3.8) is 0 Å². The van der Waals surface area contributed by atoms with Gasteiger partial charge in [0.05, 0.1) is 7.11 Å². The summed E-state index contributed by atoms with van der Waals surface area (Å²) >= 11 is 0. The molecule has 0 aliphatic heterocycles. The average molecular weight is 205 g/mol. The van der Waals surface area contributed by atoms with E-state index in [1.54, 1.807) is 0 Å². The number of rotatable bonds is 3. The molecule has 0 N–H and O–H groups in total. The Morgan fingerprint density at radius 1 is 1.29 bits per heavy atom. The first-order chi connectivity index (χ1) is 6.61. The Labute approximate surface area is 77.6 Å². The molecule has 0 radical (unpaired) electrons. The summed E-state index contributed by atoms with van der Waals surface area (Å²) in [5.41, 5.74) is -0.485. The molecule has 76 valence electrons. The van der Waals surface area contributed by atoms with Crippen LogP contribution >= 0.6 is 0 Å². The molecule has 1 aromatic rings. The number of hydrogen-bond acceptors (Lipinski definition) is 2. The van der Waals surface area contributed by atoms with Crippen LogP contribution in [0.2, 0.25) is 0 Å². The van der Waals surface area contributed by atoms with Gasteiger partial charge in [-0.25, -0.2) is 13.2 Å². The third kappa shape index (κ3) is 1.69. The number of nitrogens with zero attached hydrogens (tertiary/aromatic N) is 1. The van der Waals surface area contributed by atoms with Crippen molar-refractivity contribution in [1.82, 2.24) is 0 Å². The number of carbonyl (C=O) groups is 1. The summed E-state index contributed by atoms with van der Waals surface area (Å²) in [6, 6.07) is 1.59. The van der Waals surface area contributed by atoms with Crippen molar-refractivity contribution in [3.05, 3.63) is 29.6 Å². The van der Waals surface area contributed by atoms with Gasteiger partial charge >= 0.3 is 0 Å². The first kappa shape index (κ1) is 10.5. The number of amides is 1. The van der Waals surface area contributed by atoms with Crippen molar-refractivity contribution in [2.24, 2.45) is 0 Å². The molecule has 0 fully saturated rings. The topological polar surface area (TPSA) is 29.5 Å². The molecule has 6 heteroatoms. The van der Waals surface area contributed by atoms with E-state index in [4.69, 9.17) is 0 Å². The van der Waals surface area contributed by atoms with Crippen molar-refractivity contribution in [1.29, 1.82) is 0 Å². The summed E-state index contributed by atoms with van der Waals surface area (Å²) in [5, 5.41) is 0.442. The van der Waals surface area contributed by atoms with Crippen molar-refractivity contribution < 1.29 is 22.8 Å². The van der Waals surface area contributed by atoms with Crippen molar-refractivity contribution >= 4 is 12.1 Å². The highest BCUT2D eigenvalue weighted by Gasteiger charge is 2.17. The number of carbonyl (C=O) groups excluding carboxylic acids is 1. The molecule has 1 aromatic carbocycles. The minimum atomic E-state index is -1.65. The smallest absolute Gasteiger partial charge is 0.238 e. The molecule has 0 atom stereocenters. The highest BCUT2D eigenvalue weighted by atomic mass is 19.2. The lowest BCUT2D eigenvalue weighted by atomic mass is 10.3. The summed E-state index contributed by atoms with van der Waals surface area (Å²) in [6.07, 6.45) is 0.135. The van der Waals surface area contributed by atoms with Crippen LogP contribution in [0.5, 0.6) is 0 Å². The fourth-order valence-electron chi connectivity index (χ4n) is 0.884. The van der Waals surface area contributed by atoms with Gasteiger partial charge in [0.25, 0.3) is 0 Å². The van der Waals surface area contributed by atoms with Crippen LogP contribution in [-0.4, -0.2) is 13.5 Å². The maximum absolute atomic E-state index is 13.0. The SMILES string of the molecule is CON(C=O)c1ccc(F)c(F)c1F. The summed E-state index contributed by atoms with van der Waals surface area (Å²) in [7, 11) is 1.09. The molecule has 1 amide bonds. The van der Waals surface area contributed by atoms with Crippen LogP contribution < -0.4 is 5.06 Å². The van der Waals surface area contributed by atoms with Gasteiger partial charge in [-0.2, -0.15) is 5.06 Å². The molecule has 0 unspecified atom stereocenters. The molecule has 0 saturated carbocycles. The second-order valence-electron chi connectivity index (χ2n) is 2.31. The van der Waals surface area contributed by atoms with Crippen molar-refractivity contribution in [2.75, 3.05) is 12.2 Å². The Hall–Kier alpha value is -1.56. The Balaban J connectivity index is 3.22. The van der Waals surface area contributed by atoms with Crippen LogP contribution in [0.4, 0.5) is 18.9 Å². The third-order valence-corrected chi connectivity index (χ3v) is 1.54. The third-order valence-electron chi connectivity index (χ3n) is 1.54. The maximum Gasteiger partial charge on any atom is 0.238 e. The summed E-state index contributed by atoms with van der Waals surface area (Å²) in [5.74, 6) is -4.45. The van der Waals surface area contributed by atoms with Crippen LogP contribution in [0.1, 0.15) is 0 Å². The molecule has 0 aromatic heterocycles. The van der Waals surface area contributed by atoms with Crippen LogP contribution in [0.15, 0.2) is 12.1 Å². The number of hydroxylamine groups is 1. The zero-order valence-corrected chi connectivity index (χ0v) is 7.13. The zero-order chi connectivity index (χ0) is 10.7. The normalized spacial score (nSPS) is 10.0. The van der Waals surface area contributed by atoms with Gasteiger partial charge in [-0.3, -0.25) is 9.63 Å². The Kier molecular flexibility index (Phi) is 3.08. The van der Waals surface area contributed by atoms with Crippen LogP contribution in [0.25, 0.3) is 0 Å². The van der Waals surface area contributed by atoms with Gasteiger partial charge in [-0.15, -0.1) is 0 Å². The lowest BCUT2D eigenvalue weighted by Gasteiger charge is -2.14. The Bertz CT molecular complexity index is 357. The number of benzene rings is 1. The Morgan fingerprint density at radius 3 is 2.43 bits per heavy atom. The fourth-order valence-corrected chi connectivity index (χ4v) is 0.884. The standard InChI is InChI=1S/C8H6F3NO2/c1-14-12(4-13)6-3-2-5(9)7(10)8(6)11/h2-4H,1H3. The second kappa shape index (κ2) is 4.10. The average Bonchev–Trinajstić information content (AvgIpc) is 2.19. The van der Waals surface area contributed by atoms with E-state index in [2.05, 4.69) is 4.84 Å². The van der Waals surface area contributed by atoms with E-state index in [1.807, 2.05) is 0 Å². The monoisotopic (exact) mass is 205 g/mol. The molecule has 1 rings (SSSR count). The minimum Gasteiger partial charge on any atom is -0.276 e. The van der Waals surface area contributed by atoms with Crippen LogP contribution in [-0.2, 0) is 9.63 Å². The van der Waals surface area contributed by atoms with E-state index < -0.39 is 23.1 Å². The molecule has 3 nitrogen and oxygen atoms in total. The van der Waals surface area contributed by atoms with Crippen LogP contribution in [0.3, 0.4) is 0 Å². The quantitative estimate of drug-likeness (QED) is 0.426. The fraction of sp³-hybridized carbons (Fsp3) is 0.125. The first-order valence-electron chi connectivity index (χ1n) is 3.54. The van der Waals surface area contributed by atoms with Crippen LogP contribution in [0, 0.1) is 17.5 Å². The van der Waals surface area contributed by atoms with Gasteiger partial charge < -0.3 is 0 Å². The molecule has 0 spiro atoms. The second-order valence-corrected chi connectivity index (χ2v) is 2.31. The predicted molar refractivity (Wildman–Crippen MR) is 41.9 cm³/mol. The lowest BCUT2D eigenvalue weighted by Crippen LogP contribution is -2.21. The van der Waals surface area contributed by atoms with Crippen molar-refractivity contribution in [3.8, 4) is 0 Å². The van der Waals surface area contributed by atoms with Gasteiger partial charge in [-0.05, 0) is 12.1 Å². The largest absolute Gasteiger partial charge is 0.276 e. The molecular formula is C8H6F3NO2. The zero-order valence-electron chi connectivity index (χ0n) is 7.13. The van der Waals surface area contributed by atoms with Gasteiger partial charge in [0.15, 0.2) is 17.5 Å². The van der Waals surface area contributed by atoms with E-state index >= 15 is 0 Å². The molecule has 14 heavy (non-hydrogen) atoms. The number of hydrogen-bond donors (Lipinski definition) is 0. The summed E-state index contributed by atoms with van der Waals surface area (Å²) in [4.78, 5) is 14.7. The van der Waals surface area contributed by atoms with E-state index in [9.17, 15) is 18.0 Å². The van der Waals surface area contributed by atoms with E-state index in [0.29, 0.717) is 11.1 Å². The van der Waals surface area contributed by atoms with Gasteiger partial charge in [0, 0.05) is 0 Å². The molecule has 0 aliphatic rings. The summed E-state index contributed by atoms with van der Waals surface area (Å²) in [6.45, 7) is 0. The van der Waals surface area contributed by atoms with Crippen molar-refractivity contribution in [2.45, 2.75) is 0 Å². The van der Waals surface area contributed by atoms with Gasteiger partial charge in [0.2, 0.25) is 6.41 Å². The number of anilines is 1. The van der Waals surface area contributed by atoms with E-state index in [1.165, 1.54) is 0 Å². The highest BCUT2D eigenvalue weighted by molar-refractivity contribution is 5.72. The van der Waals surface area contributed by atoms with E-state index in [-0.39, 0.29) is 6.41 Å². The first-order valence-corrected chi connectivity index (χ1v) is 3.54. The predicted octanol–water partition coefficient (Wildman–Crippen LogP) is 1.63. The molecular weight excluding hydrogens is 199 g/mol. The molecule has 0 heterocycles. The van der Waals surface area contributed by atoms with Gasteiger partial charge in [0.1, 0.15) is 5.69 Å². The molecule has 0 bridgehead atoms. The Morgan fingerprint density at radius 2 is 1.93 bits per heavy atom. The molecule has 0 saturated heterocycles. The molecule has 0 aliphatic carbocycles. The maximum atomic E-state index is 13.0. The van der Waals surface area contributed by atoms with Gasteiger partial charge in [-0.1, -0.05) is 0 Å².